The van der Waals surface area contributed by atoms with E-state index in [9.17, 15) is 24.5 Å². The molecular weight excluding hydrogens is 727 g/mol. The minimum Gasteiger partial charge on any atom is -0.454 e. The third-order valence-electron chi connectivity index (χ3n) is 10.8. The van der Waals surface area contributed by atoms with Crippen molar-refractivity contribution in [2.75, 3.05) is 25.6 Å². The zero-order chi connectivity index (χ0) is 39.3. The Bertz CT molecular complexity index is 1680. The van der Waals surface area contributed by atoms with Crippen LogP contribution in [0.1, 0.15) is 133 Å². The average Bonchev–Trinajstić information content (AvgIpc) is 3.41. The molecule has 5 rings (SSSR count). The van der Waals surface area contributed by atoms with Crippen LogP contribution in [-0.2, 0) is 33.4 Å². The fraction of sp³-hybridized carbons (Fsp3) is 0.675. The van der Waals surface area contributed by atoms with Crippen molar-refractivity contribution in [1.82, 2.24) is 14.6 Å². The van der Waals surface area contributed by atoms with Crippen LogP contribution >= 0.6 is 7.82 Å². The van der Waals surface area contributed by atoms with Gasteiger partial charge in [0.2, 0.25) is 0 Å². The van der Waals surface area contributed by atoms with E-state index < -0.39 is 56.0 Å². The number of nitrogens with two attached hydrogens (primary N) is 1. The van der Waals surface area contributed by atoms with Gasteiger partial charge in [-0.05, 0) is 37.6 Å². The fourth-order valence-electron chi connectivity index (χ4n) is 7.46. The lowest BCUT2D eigenvalue weighted by molar-refractivity contribution is -0.126. The first kappa shape index (κ1) is 43.2. The molecular formula is C40H61N4O10P. The molecule has 3 heterocycles. The number of fused-ring (bicyclic) bond motifs is 2. The molecule has 2 aromatic heterocycles. The van der Waals surface area contributed by atoms with Crippen LogP contribution in [0.2, 0.25) is 0 Å². The second-order valence-electron chi connectivity index (χ2n) is 15.2. The Hall–Kier alpha value is -2.94. The summed E-state index contributed by atoms with van der Waals surface area (Å²) in [4.78, 5) is 27.4. The molecule has 2 unspecified atom stereocenters. The molecule has 1 aromatic carbocycles. The van der Waals surface area contributed by atoms with Gasteiger partial charge in [-0.25, -0.2) is 18.9 Å². The number of hydrogen-bond donors (Lipinski definition) is 4. The maximum atomic E-state index is 13.1. The van der Waals surface area contributed by atoms with Gasteiger partial charge in [0, 0.05) is 6.61 Å². The summed E-state index contributed by atoms with van der Waals surface area (Å²) in [6, 6.07) is 11.7. The van der Waals surface area contributed by atoms with E-state index in [0.717, 1.165) is 19.3 Å². The molecule has 14 nitrogen and oxygen atoms in total. The lowest BCUT2D eigenvalue weighted by atomic mass is 9.91. The number of aromatic nitrogens is 3. The van der Waals surface area contributed by atoms with Gasteiger partial charge in [0.25, 0.3) is 0 Å². The van der Waals surface area contributed by atoms with Crippen molar-refractivity contribution in [2.24, 2.45) is 0 Å². The highest BCUT2D eigenvalue weighted by Crippen LogP contribution is 2.63. The van der Waals surface area contributed by atoms with Crippen molar-refractivity contribution in [3.8, 4) is 0 Å². The predicted octanol–water partition coefficient (Wildman–Crippen LogP) is 7.04. The number of carbonyl (C=O) groups is 1. The first-order valence-electron chi connectivity index (χ1n) is 20.2. The van der Waals surface area contributed by atoms with E-state index in [2.05, 4.69) is 17.0 Å². The lowest BCUT2D eigenvalue weighted by Gasteiger charge is -2.32. The molecule has 1 aliphatic carbocycles. The standard InChI is InChI=1S/C40H61N4O10P/c1-3-4-5-6-7-8-9-10-11-12-13-14-15-16-17-21-26-50-27-31(52-37(45)30-22-19-18-20-23-30)28-51-55(48,49)54-35-34-40(35,47)38(46)39(2,53-34)33-25-24-32-36(41)42-29-43-44(32)33/h18-20,22-25,29,31,34-35,38,46-47H,3-17,21,26-28H2,1-2H3,(H,48,49)(H2,41,42,43)/t31-,34-,35?,38+,39+,40+/m1/s1. The van der Waals surface area contributed by atoms with E-state index in [4.69, 9.17) is 29.0 Å². The Kier molecular flexibility index (Phi) is 16.1. The van der Waals surface area contributed by atoms with Crippen LogP contribution in [0.25, 0.3) is 5.52 Å². The molecule has 0 bridgehead atoms. The number of nitrogens with zero attached hydrogens (tertiary/aromatic N) is 3. The first-order valence-corrected chi connectivity index (χ1v) is 21.7. The van der Waals surface area contributed by atoms with E-state index in [1.807, 2.05) is 0 Å². The van der Waals surface area contributed by atoms with Crippen LogP contribution in [0.3, 0.4) is 0 Å². The molecule has 15 heteroatoms. The van der Waals surface area contributed by atoms with Gasteiger partial charge in [0.05, 0.1) is 24.5 Å². The Labute approximate surface area is 324 Å². The number of unbranched alkanes of at least 4 members (excludes halogenated alkanes) is 15. The molecule has 2 fully saturated rings. The third-order valence-corrected chi connectivity index (χ3v) is 11.8. The number of aliphatic hydroxyl groups is 2. The molecule has 55 heavy (non-hydrogen) atoms. The summed E-state index contributed by atoms with van der Waals surface area (Å²) in [6.07, 6.45) is 16.4. The van der Waals surface area contributed by atoms with E-state index in [-0.39, 0.29) is 12.4 Å². The van der Waals surface area contributed by atoms with Crippen LogP contribution in [0.4, 0.5) is 5.82 Å². The number of rotatable bonds is 27. The zero-order valence-corrected chi connectivity index (χ0v) is 33.3. The molecule has 2 aliphatic rings. The molecule has 0 spiro atoms. The van der Waals surface area contributed by atoms with E-state index >= 15 is 0 Å². The van der Waals surface area contributed by atoms with Gasteiger partial charge in [0.1, 0.15) is 41.9 Å². The third kappa shape index (κ3) is 11.3. The molecule has 1 saturated carbocycles. The predicted molar refractivity (Wildman–Crippen MR) is 207 cm³/mol. The van der Waals surface area contributed by atoms with Gasteiger partial charge in [-0.2, -0.15) is 5.10 Å². The normalized spacial score (nSPS) is 24.8. The number of esters is 1. The number of nitrogen functional groups attached to an aromatic ring is 1. The molecule has 0 radical (unpaired) electrons. The number of hydrogen-bond acceptors (Lipinski definition) is 12. The Morgan fingerprint density at radius 1 is 0.927 bits per heavy atom. The van der Waals surface area contributed by atoms with Gasteiger partial charge in [0.15, 0.2) is 11.4 Å². The minimum absolute atomic E-state index is 0.0627. The molecule has 1 aliphatic heterocycles. The maximum absolute atomic E-state index is 13.1. The van der Waals surface area contributed by atoms with Crippen LogP contribution in [-0.4, -0.2) is 85.5 Å². The summed E-state index contributed by atoms with van der Waals surface area (Å²) in [5.41, 5.74) is 3.68. The van der Waals surface area contributed by atoms with Gasteiger partial charge in [-0.1, -0.05) is 121 Å². The van der Waals surface area contributed by atoms with Crippen molar-refractivity contribution in [2.45, 2.75) is 152 Å². The number of anilines is 1. The molecule has 1 saturated heterocycles. The largest absolute Gasteiger partial charge is 0.472 e. The Balaban J connectivity index is 1.01. The monoisotopic (exact) mass is 788 g/mol. The zero-order valence-electron chi connectivity index (χ0n) is 32.4. The van der Waals surface area contributed by atoms with Crippen LogP contribution < -0.4 is 5.73 Å². The number of phosphoric ester groups is 1. The lowest BCUT2D eigenvalue weighted by Crippen LogP contribution is -2.46. The van der Waals surface area contributed by atoms with Crippen molar-refractivity contribution in [3.05, 3.63) is 60.0 Å². The molecule has 7 atom stereocenters. The fourth-order valence-corrected chi connectivity index (χ4v) is 8.45. The Morgan fingerprint density at radius 3 is 2.11 bits per heavy atom. The van der Waals surface area contributed by atoms with E-state index in [0.29, 0.717) is 23.4 Å². The molecule has 0 amide bonds. The summed E-state index contributed by atoms with van der Waals surface area (Å²) >= 11 is 0. The molecule has 5 N–H and O–H groups in total. The first-order chi connectivity index (χ1) is 26.5. The summed E-state index contributed by atoms with van der Waals surface area (Å²) in [6.45, 7) is 3.69. The summed E-state index contributed by atoms with van der Waals surface area (Å²) < 4.78 is 42.6. The summed E-state index contributed by atoms with van der Waals surface area (Å²) in [5, 5.41) is 26.8. The number of ether oxygens (including phenoxy) is 3. The highest BCUT2D eigenvalue weighted by molar-refractivity contribution is 7.47. The van der Waals surface area contributed by atoms with Crippen LogP contribution in [0, 0.1) is 0 Å². The second kappa shape index (κ2) is 20.5. The van der Waals surface area contributed by atoms with Crippen molar-refractivity contribution in [1.29, 1.82) is 0 Å². The van der Waals surface area contributed by atoms with Crippen molar-refractivity contribution in [3.63, 3.8) is 0 Å². The summed E-state index contributed by atoms with van der Waals surface area (Å²) in [7, 11) is -4.84. The van der Waals surface area contributed by atoms with Crippen molar-refractivity contribution >= 4 is 25.1 Å². The van der Waals surface area contributed by atoms with Gasteiger partial charge < -0.3 is 35.1 Å². The number of carbonyl (C=O) groups excluding carboxylic acids is 1. The second-order valence-corrected chi connectivity index (χ2v) is 16.6. The highest BCUT2D eigenvalue weighted by atomic mass is 31.2. The molecule has 3 aromatic rings. The summed E-state index contributed by atoms with van der Waals surface area (Å²) in [5.74, 6) is -0.417. The van der Waals surface area contributed by atoms with Crippen LogP contribution in [0.5, 0.6) is 0 Å². The van der Waals surface area contributed by atoms with Gasteiger partial charge in [-0.3, -0.25) is 9.05 Å². The van der Waals surface area contributed by atoms with Gasteiger partial charge in [-0.15, -0.1) is 0 Å². The maximum Gasteiger partial charge on any atom is 0.472 e. The Morgan fingerprint density at radius 2 is 1.53 bits per heavy atom. The molecule has 306 valence electrons. The number of benzene rings is 1. The quantitative estimate of drug-likeness (QED) is 0.0349. The highest BCUT2D eigenvalue weighted by Gasteiger charge is 2.82. The average molecular weight is 789 g/mol. The van der Waals surface area contributed by atoms with Crippen molar-refractivity contribution < 1.29 is 47.7 Å². The van der Waals surface area contributed by atoms with Gasteiger partial charge >= 0.3 is 13.8 Å². The smallest absolute Gasteiger partial charge is 0.454 e. The van der Waals surface area contributed by atoms with E-state index in [1.54, 1.807) is 49.4 Å². The van der Waals surface area contributed by atoms with E-state index in [1.165, 1.54) is 94.3 Å². The number of phosphoric acid groups is 1. The SMILES string of the molecule is CCCCCCCCCCCCCCCCCCOC[C@H](COP(=O)(O)OC1[C@H]2O[C@@](C)(c3ccc4c(N)ncnn34)[C@H](O)[C@@]12O)OC(=O)c1ccccc1. The topological polar surface area (TPSA) is 197 Å². The number of aliphatic hydroxyl groups excluding tert-OH is 1. The van der Waals surface area contributed by atoms with Crippen LogP contribution in [0.15, 0.2) is 48.8 Å². The minimum atomic E-state index is -4.84.